The van der Waals surface area contributed by atoms with Crippen LogP contribution in [0.15, 0.2) is 30.6 Å². The summed E-state index contributed by atoms with van der Waals surface area (Å²) in [6, 6.07) is 5.26. The summed E-state index contributed by atoms with van der Waals surface area (Å²) < 4.78 is 0. The summed E-state index contributed by atoms with van der Waals surface area (Å²) in [5.74, 6) is -0.384. The molecule has 0 saturated heterocycles. The molecule has 0 aliphatic carbocycles. The molecular formula is C12H9Cl2N3O. The van der Waals surface area contributed by atoms with Crippen molar-refractivity contribution < 1.29 is 4.79 Å². The van der Waals surface area contributed by atoms with Crippen LogP contribution >= 0.6 is 23.2 Å². The lowest BCUT2D eigenvalue weighted by molar-refractivity contribution is 0.102. The summed E-state index contributed by atoms with van der Waals surface area (Å²) in [6.07, 6.45) is 2.71. The Kier molecular flexibility index (Phi) is 3.79. The molecule has 6 heteroatoms. The lowest BCUT2D eigenvalue weighted by Gasteiger charge is -2.06. The van der Waals surface area contributed by atoms with E-state index in [1.165, 1.54) is 12.4 Å². The van der Waals surface area contributed by atoms with E-state index in [9.17, 15) is 4.79 Å². The van der Waals surface area contributed by atoms with Crippen molar-refractivity contribution in [3.63, 3.8) is 0 Å². The number of hydrogen-bond donors (Lipinski definition) is 1. The first kappa shape index (κ1) is 12.8. The second-order valence-corrected chi connectivity index (χ2v) is 4.44. The molecule has 0 unspecified atom stereocenters. The van der Waals surface area contributed by atoms with Gasteiger partial charge in [0.25, 0.3) is 5.91 Å². The van der Waals surface area contributed by atoms with Crippen molar-refractivity contribution in [2.75, 3.05) is 5.32 Å². The van der Waals surface area contributed by atoms with Crippen molar-refractivity contribution in [1.29, 1.82) is 0 Å². The van der Waals surface area contributed by atoms with Crippen LogP contribution < -0.4 is 5.32 Å². The number of carbonyl (C=O) groups excluding carboxylic acids is 1. The van der Waals surface area contributed by atoms with Crippen molar-refractivity contribution in [2.45, 2.75) is 6.92 Å². The maximum absolute atomic E-state index is 11.8. The molecule has 0 spiro atoms. The largest absolute Gasteiger partial charge is 0.321 e. The van der Waals surface area contributed by atoms with Crippen LogP contribution in [0.1, 0.15) is 16.1 Å². The molecule has 92 valence electrons. The van der Waals surface area contributed by atoms with Gasteiger partial charge < -0.3 is 5.32 Å². The fourth-order valence-electron chi connectivity index (χ4n) is 1.32. The standard InChI is InChI=1S/C12H9Cl2N3O/c1-7-2-3-8(4-9(7)13)16-12(18)10-5-15-6-11(14)17-10/h2-6H,1H3,(H,16,18). The van der Waals surface area contributed by atoms with Gasteiger partial charge in [-0.15, -0.1) is 0 Å². The van der Waals surface area contributed by atoms with E-state index in [0.29, 0.717) is 10.7 Å². The van der Waals surface area contributed by atoms with Gasteiger partial charge in [-0.05, 0) is 24.6 Å². The maximum Gasteiger partial charge on any atom is 0.275 e. The highest BCUT2D eigenvalue weighted by atomic mass is 35.5. The third kappa shape index (κ3) is 2.97. The van der Waals surface area contributed by atoms with Gasteiger partial charge in [-0.2, -0.15) is 0 Å². The van der Waals surface area contributed by atoms with Crippen LogP contribution in [-0.2, 0) is 0 Å². The molecule has 2 aromatic rings. The molecule has 0 bridgehead atoms. The van der Waals surface area contributed by atoms with E-state index in [1.807, 2.05) is 13.0 Å². The average molecular weight is 282 g/mol. The van der Waals surface area contributed by atoms with Gasteiger partial charge in [0.15, 0.2) is 0 Å². The van der Waals surface area contributed by atoms with E-state index in [-0.39, 0.29) is 16.8 Å². The van der Waals surface area contributed by atoms with E-state index in [1.54, 1.807) is 12.1 Å². The first-order valence-electron chi connectivity index (χ1n) is 5.11. The van der Waals surface area contributed by atoms with Crippen LogP contribution in [0.2, 0.25) is 10.2 Å². The summed E-state index contributed by atoms with van der Waals surface area (Å²) in [5.41, 5.74) is 1.69. The van der Waals surface area contributed by atoms with Gasteiger partial charge in [-0.1, -0.05) is 29.3 Å². The summed E-state index contributed by atoms with van der Waals surface area (Å²) in [6.45, 7) is 1.89. The highest BCUT2D eigenvalue weighted by Crippen LogP contribution is 2.20. The van der Waals surface area contributed by atoms with Gasteiger partial charge in [0, 0.05) is 10.7 Å². The second kappa shape index (κ2) is 5.33. The van der Waals surface area contributed by atoms with Gasteiger partial charge in [-0.25, -0.2) is 4.98 Å². The van der Waals surface area contributed by atoms with Crippen molar-refractivity contribution in [3.05, 3.63) is 52.0 Å². The molecule has 1 N–H and O–H groups in total. The van der Waals surface area contributed by atoms with Crippen molar-refractivity contribution >= 4 is 34.8 Å². The van der Waals surface area contributed by atoms with E-state index in [4.69, 9.17) is 23.2 Å². The Morgan fingerprint density at radius 3 is 2.72 bits per heavy atom. The fourth-order valence-corrected chi connectivity index (χ4v) is 1.65. The number of halogens is 2. The Morgan fingerprint density at radius 2 is 2.06 bits per heavy atom. The summed E-state index contributed by atoms with van der Waals surface area (Å²) in [5, 5.41) is 3.43. The molecule has 2 rings (SSSR count). The zero-order valence-electron chi connectivity index (χ0n) is 9.45. The minimum atomic E-state index is -0.384. The van der Waals surface area contributed by atoms with Crippen LogP contribution in [0.4, 0.5) is 5.69 Å². The number of amides is 1. The zero-order valence-corrected chi connectivity index (χ0v) is 11.0. The molecule has 0 radical (unpaired) electrons. The topological polar surface area (TPSA) is 54.9 Å². The van der Waals surface area contributed by atoms with E-state index in [2.05, 4.69) is 15.3 Å². The molecular weight excluding hydrogens is 273 g/mol. The molecule has 0 aliphatic rings. The van der Waals surface area contributed by atoms with Gasteiger partial charge >= 0.3 is 0 Å². The number of nitrogens with zero attached hydrogens (tertiary/aromatic N) is 2. The van der Waals surface area contributed by atoms with E-state index < -0.39 is 0 Å². The lowest BCUT2D eigenvalue weighted by Crippen LogP contribution is -2.14. The molecule has 18 heavy (non-hydrogen) atoms. The Hall–Kier alpha value is -1.65. The highest BCUT2D eigenvalue weighted by molar-refractivity contribution is 6.31. The molecule has 1 amide bonds. The van der Waals surface area contributed by atoms with Crippen molar-refractivity contribution in [1.82, 2.24) is 9.97 Å². The van der Waals surface area contributed by atoms with Crippen LogP contribution in [0.3, 0.4) is 0 Å². The van der Waals surface area contributed by atoms with Gasteiger partial charge in [0.2, 0.25) is 0 Å². The number of anilines is 1. The lowest BCUT2D eigenvalue weighted by atomic mass is 10.2. The minimum absolute atomic E-state index is 0.152. The minimum Gasteiger partial charge on any atom is -0.321 e. The summed E-state index contributed by atoms with van der Waals surface area (Å²) >= 11 is 11.6. The number of aromatic nitrogens is 2. The second-order valence-electron chi connectivity index (χ2n) is 3.65. The van der Waals surface area contributed by atoms with Crippen LogP contribution in [0, 0.1) is 6.92 Å². The fraction of sp³-hybridized carbons (Fsp3) is 0.0833. The zero-order chi connectivity index (χ0) is 13.1. The van der Waals surface area contributed by atoms with Gasteiger partial charge in [-0.3, -0.25) is 9.78 Å². The van der Waals surface area contributed by atoms with Crippen molar-refractivity contribution in [3.8, 4) is 0 Å². The molecule has 1 heterocycles. The first-order chi connectivity index (χ1) is 8.56. The molecule has 4 nitrogen and oxygen atoms in total. The third-order valence-corrected chi connectivity index (χ3v) is 2.86. The molecule has 1 aromatic heterocycles. The number of benzene rings is 1. The molecule has 0 fully saturated rings. The Bertz CT molecular complexity index is 602. The van der Waals surface area contributed by atoms with E-state index in [0.717, 1.165) is 5.56 Å². The van der Waals surface area contributed by atoms with Crippen LogP contribution in [0.25, 0.3) is 0 Å². The predicted octanol–water partition coefficient (Wildman–Crippen LogP) is 3.34. The maximum atomic E-state index is 11.8. The molecule has 1 aromatic carbocycles. The van der Waals surface area contributed by atoms with Crippen molar-refractivity contribution in [2.24, 2.45) is 0 Å². The number of rotatable bonds is 2. The summed E-state index contributed by atoms with van der Waals surface area (Å²) in [4.78, 5) is 19.5. The monoisotopic (exact) mass is 281 g/mol. The molecule has 0 aliphatic heterocycles. The Balaban J connectivity index is 2.18. The van der Waals surface area contributed by atoms with Gasteiger partial charge in [0.1, 0.15) is 10.8 Å². The average Bonchev–Trinajstić information content (AvgIpc) is 2.34. The van der Waals surface area contributed by atoms with Crippen LogP contribution in [0.5, 0.6) is 0 Å². The summed E-state index contributed by atoms with van der Waals surface area (Å²) in [7, 11) is 0. The normalized spacial score (nSPS) is 10.2. The Labute approximate surface area is 114 Å². The smallest absolute Gasteiger partial charge is 0.275 e. The quantitative estimate of drug-likeness (QED) is 0.919. The molecule has 0 atom stereocenters. The number of nitrogens with one attached hydrogen (secondary N) is 1. The Morgan fingerprint density at radius 1 is 1.28 bits per heavy atom. The SMILES string of the molecule is Cc1ccc(NC(=O)c2cncc(Cl)n2)cc1Cl. The van der Waals surface area contributed by atoms with Gasteiger partial charge in [0.05, 0.1) is 12.4 Å². The van der Waals surface area contributed by atoms with E-state index >= 15 is 0 Å². The highest BCUT2D eigenvalue weighted by Gasteiger charge is 2.09. The third-order valence-electron chi connectivity index (χ3n) is 2.27. The molecule has 0 saturated carbocycles. The first-order valence-corrected chi connectivity index (χ1v) is 5.87. The predicted molar refractivity (Wildman–Crippen MR) is 71.2 cm³/mol. The number of hydrogen-bond acceptors (Lipinski definition) is 3. The number of carbonyl (C=O) groups is 1. The number of aryl methyl sites for hydroxylation is 1. The van der Waals surface area contributed by atoms with Crippen LogP contribution in [-0.4, -0.2) is 15.9 Å².